The van der Waals surface area contributed by atoms with Crippen molar-refractivity contribution in [1.29, 1.82) is 0 Å². The molecule has 0 aliphatic heterocycles. The Morgan fingerprint density at radius 1 is 1.15 bits per heavy atom. The molecule has 0 fully saturated rings. The molecule has 2 amide bonds. The number of amides is 2. The Morgan fingerprint density at radius 3 is 2.39 bits per heavy atom. The lowest BCUT2D eigenvalue weighted by Crippen LogP contribution is -2.28. The molecule has 1 atom stereocenters. The number of benzene rings is 1. The van der Waals surface area contributed by atoms with E-state index >= 15 is 0 Å². The maximum absolute atomic E-state index is 13.9. The number of aromatic nitrogens is 1. The minimum Gasteiger partial charge on any atom is -0.402 e. The van der Waals surface area contributed by atoms with E-state index < -0.39 is 5.83 Å². The van der Waals surface area contributed by atoms with Gasteiger partial charge in [0.15, 0.2) is 0 Å². The van der Waals surface area contributed by atoms with E-state index in [0.29, 0.717) is 23.3 Å². The van der Waals surface area contributed by atoms with Crippen LogP contribution in [0.5, 0.6) is 0 Å². The number of rotatable bonds is 9. The largest absolute Gasteiger partial charge is 0.402 e. The van der Waals surface area contributed by atoms with E-state index in [0.717, 1.165) is 23.1 Å². The zero-order valence-corrected chi connectivity index (χ0v) is 20.0. The Bertz CT molecular complexity index is 1040. The molecule has 7 heteroatoms. The maximum atomic E-state index is 13.9. The number of halogens is 1. The molecule has 1 unspecified atom stereocenters. The van der Waals surface area contributed by atoms with Crippen LogP contribution >= 0.6 is 0 Å². The van der Waals surface area contributed by atoms with Crippen LogP contribution < -0.4 is 11.1 Å². The molecular weight excluding hydrogens is 419 g/mol. The van der Waals surface area contributed by atoms with Gasteiger partial charge in [-0.2, -0.15) is 0 Å². The highest BCUT2D eigenvalue weighted by atomic mass is 19.1. The Labute approximate surface area is 195 Å². The average molecular weight is 453 g/mol. The second-order valence-electron chi connectivity index (χ2n) is 8.25. The lowest BCUT2D eigenvalue weighted by atomic mass is 9.99. The number of allylic oxidation sites excluding steroid dienone is 3. The summed E-state index contributed by atoms with van der Waals surface area (Å²) in [5.74, 6) is -0.740. The summed E-state index contributed by atoms with van der Waals surface area (Å²) in [5, 5.41) is 2.71. The minimum atomic E-state index is -0.453. The van der Waals surface area contributed by atoms with Gasteiger partial charge < -0.3 is 16.0 Å². The average Bonchev–Trinajstić information content (AvgIpc) is 2.78. The van der Waals surface area contributed by atoms with Crippen molar-refractivity contribution < 1.29 is 14.0 Å². The molecule has 1 aromatic carbocycles. The van der Waals surface area contributed by atoms with Crippen molar-refractivity contribution in [2.75, 3.05) is 13.6 Å². The van der Waals surface area contributed by atoms with E-state index in [9.17, 15) is 14.0 Å². The predicted molar refractivity (Wildman–Crippen MR) is 129 cm³/mol. The first-order valence-electron chi connectivity index (χ1n) is 11.0. The Kier molecular flexibility index (Phi) is 9.33. The summed E-state index contributed by atoms with van der Waals surface area (Å²) in [6.45, 7) is 6.90. The second kappa shape index (κ2) is 11.9. The van der Waals surface area contributed by atoms with Crippen LogP contribution in [-0.4, -0.2) is 35.3 Å². The summed E-state index contributed by atoms with van der Waals surface area (Å²) in [6, 6.07) is 9.96. The van der Waals surface area contributed by atoms with E-state index in [1.165, 1.54) is 12.3 Å². The number of pyridine rings is 1. The molecular formula is C26H33FN4O2. The van der Waals surface area contributed by atoms with Gasteiger partial charge in [0.2, 0.25) is 5.91 Å². The van der Waals surface area contributed by atoms with Crippen LogP contribution in [0.25, 0.3) is 0 Å². The van der Waals surface area contributed by atoms with Gasteiger partial charge in [0.1, 0.15) is 5.83 Å². The van der Waals surface area contributed by atoms with Crippen molar-refractivity contribution in [3.05, 3.63) is 88.2 Å². The number of nitrogens with one attached hydrogen (secondary N) is 1. The van der Waals surface area contributed by atoms with Gasteiger partial charge in [0.05, 0.1) is 11.6 Å². The molecule has 6 nitrogen and oxygen atoms in total. The second-order valence-corrected chi connectivity index (χ2v) is 8.25. The third-order valence-corrected chi connectivity index (χ3v) is 5.46. The first kappa shape index (κ1) is 25.8. The van der Waals surface area contributed by atoms with Crippen molar-refractivity contribution in [2.24, 2.45) is 5.73 Å². The van der Waals surface area contributed by atoms with Gasteiger partial charge in [-0.1, -0.05) is 31.2 Å². The molecule has 33 heavy (non-hydrogen) atoms. The number of nitrogens with zero attached hydrogens (tertiary/aromatic N) is 2. The summed E-state index contributed by atoms with van der Waals surface area (Å²) in [6.07, 6.45) is 5.89. The van der Waals surface area contributed by atoms with Crippen molar-refractivity contribution in [2.45, 2.75) is 46.6 Å². The van der Waals surface area contributed by atoms with E-state index in [1.807, 2.05) is 31.3 Å². The van der Waals surface area contributed by atoms with Crippen molar-refractivity contribution in [1.82, 2.24) is 15.2 Å². The van der Waals surface area contributed by atoms with Gasteiger partial charge in [-0.15, -0.1) is 0 Å². The van der Waals surface area contributed by atoms with Crippen LogP contribution in [0, 0.1) is 0 Å². The lowest BCUT2D eigenvalue weighted by molar-refractivity contribution is -0.129. The monoisotopic (exact) mass is 452 g/mol. The summed E-state index contributed by atoms with van der Waals surface area (Å²) in [7, 11) is 1.81. The molecule has 2 rings (SSSR count). The molecule has 0 spiro atoms. The van der Waals surface area contributed by atoms with Crippen molar-refractivity contribution in [3.63, 3.8) is 0 Å². The highest BCUT2D eigenvalue weighted by Crippen LogP contribution is 2.24. The molecule has 0 saturated carbocycles. The summed E-state index contributed by atoms with van der Waals surface area (Å²) in [5.41, 5.74) is 9.70. The summed E-state index contributed by atoms with van der Waals surface area (Å²) in [4.78, 5) is 30.2. The van der Waals surface area contributed by atoms with Gasteiger partial charge in [-0.3, -0.25) is 14.6 Å². The fourth-order valence-corrected chi connectivity index (χ4v) is 3.48. The highest BCUT2D eigenvalue weighted by Gasteiger charge is 2.17. The Morgan fingerprint density at radius 2 is 1.82 bits per heavy atom. The molecule has 1 heterocycles. The number of hydrogen-bond acceptors (Lipinski definition) is 4. The lowest BCUT2D eigenvalue weighted by Gasteiger charge is -2.26. The van der Waals surface area contributed by atoms with Crippen molar-refractivity contribution in [3.8, 4) is 0 Å². The van der Waals surface area contributed by atoms with Crippen LogP contribution in [0.1, 0.15) is 67.2 Å². The third-order valence-electron chi connectivity index (χ3n) is 5.46. The fourth-order valence-electron chi connectivity index (χ4n) is 3.48. The summed E-state index contributed by atoms with van der Waals surface area (Å²) < 4.78 is 13.9. The van der Waals surface area contributed by atoms with Crippen molar-refractivity contribution >= 4 is 11.8 Å². The molecule has 3 N–H and O–H groups in total. The highest BCUT2D eigenvalue weighted by molar-refractivity contribution is 5.94. The van der Waals surface area contributed by atoms with Crippen LogP contribution in [0.15, 0.2) is 65.9 Å². The number of carbonyl (C=O) groups is 2. The zero-order valence-electron chi connectivity index (χ0n) is 20.0. The van der Waals surface area contributed by atoms with E-state index in [-0.39, 0.29) is 24.4 Å². The molecule has 176 valence electrons. The maximum Gasteiger partial charge on any atom is 0.253 e. The smallest absolute Gasteiger partial charge is 0.253 e. The molecule has 0 radical (unpaired) electrons. The van der Waals surface area contributed by atoms with Crippen LogP contribution in [0.2, 0.25) is 0 Å². The summed E-state index contributed by atoms with van der Waals surface area (Å²) >= 11 is 0. The normalized spacial score (nSPS) is 13.2. The van der Waals surface area contributed by atoms with Gasteiger partial charge in [0, 0.05) is 38.6 Å². The SMILES string of the molecule is CCC(c1ccc(Cc2cncc(C(=O)NC/C(C)=C(F)/C=C(\C)N)c2)cc1)N(C)C(C)=O. The topological polar surface area (TPSA) is 88.3 Å². The van der Waals surface area contributed by atoms with Crippen LogP contribution in [0.3, 0.4) is 0 Å². The van der Waals surface area contributed by atoms with E-state index in [1.54, 1.807) is 37.9 Å². The van der Waals surface area contributed by atoms with Gasteiger partial charge >= 0.3 is 0 Å². The standard InChI is InChI=1S/C26H33FN4O2/c1-6-25(31(5)19(4)32)22-9-7-20(8-10-22)12-21-13-23(16-29-15-21)26(33)30-14-17(2)24(27)11-18(3)28/h7-11,13,15-16,25H,6,12,14,28H2,1-5H3,(H,30,33)/b18-11+,24-17-. The zero-order chi connectivity index (χ0) is 24.5. The third kappa shape index (κ3) is 7.56. The molecule has 0 aliphatic carbocycles. The molecule has 0 aliphatic rings. The van der Waals surface area contributed by atoms with Gasteiger partial charge in [-0.25, -0.2) is 4.39 Å². The molecule has 0 bridgehead atoms. The number of hydrogen-bond donors (Lipinski definition) is 2. The molecule has 0 saturated heterocycles. The molecule has 2 aromatic rings. The minimum absolute atomic E-state index is 0.0338. The number of carbonyl (C=O) groups excluding carboxylic acids is 2. The Balaban J connectivity index is 2.07. The van der Waals surface area contributed by atoms with Crippen LogP contribution in [-0.2, 0) is 11.2 Å². The van der Waals surface area contributed by atoms with E-state index in [4.69, 9.17) is 5.73 Å². The predicted octanol–water partition coefficient (Wildman–Crippen LogP) is 4.44. The first-order valence-corrected chi connectivity index (χ1v) is 11.0. The molecule has 1 aromatic heterocycles. The van der Waals surface area contributed by atoms with E-state index in [2.05, 4.69) is 17.2 Å². The fraction of sp³-hybridized carbons (Fsp3) is 0.346. The first-order chi connectivity index (χ1) is 15.6. The van der Waals surface area contributed by atoms with Gasteiger partial charge in [0.25, 0.3) is 5.91 Å². The quantitative estimate of drug-likeness (QED) is 0.551. The Hall–Kier alpha value is -3.48. The number of nitrogens with two attached hydrogens (primary N) is 1. The van der Waals surface area contributed by atoms with Gasteiger partial charge in [-0.05, 0) is 61.1 Å². The van der Waals surface area contributed by atoms with Crippen LogP contribution in [0.4, 0.5) is 4.39 Å².